The molecule has 3 aromatic rings. The number of carbonyl (C=O) groups is 1. The summed E-state index contributed by atoms with van der Waals surface area (Å²) in [5.41, 5.74) is 3.53. The standard InChI is InChI=1S/C31H38F3N4O5/c1-20-13-23(14-21(2)28(20)42-22(3)39)15-37-18-35-38(19-37)16-27-24(11-12-30(4,5)29(27)36-40-6)17-41-25-7-9-26(10-8-25)43-31(32,33)34/h7-10,13-14,18-19,24,27H,11-12,15-17H2,1-6H3/q+1/b36-29+/t24-,27?/m0/s1. The molecule has 1 heterocycles. The highest BCUT2D eigenvalue weighted by Gasteiger charge is 2.43. The van der Waals surface area contributed by atoms with Gasteiger partial charge in [0.15, 0.2) is 0 Å². The summed E-state index contributed by atoms with van der Waals surface area (Å²) in [5.74, 6) is 0.381. The van der Waals surface area contributed by atoms with Crippen molar-refractivity contribution in [2.24, 2.45) is 22.4 Å². The number of esters is 1. The van der Waals surface area contributed by atoms with Crippen molar-refractivity contribution in [3.05, 3.63) is 65.7 Å². The molecule has 232 valence electrons. The molecule has 1 aromatic heterocycles. The largest absolute Gasteiger partial charge is 0.573 e. The summed E-state index contributed by atoms with van der Waals surface area (Å²) >= 11 is 0. The predicted molar refractivity (Wildman–Crippen MR) is 152 cm³/mol. The molecule has 0 aliphatic heterocycles. The molecular weight excluding hydrogens is 565 g/mol. The Morgan fingerprint density at radius 2 is 1.79 bits per heavy atom. The van der Waals surface area contributed by atoms with Gasteiger partial charge in [-0.1, -0.05) is 19.0 Å². The number of hydrogen-bond donors (Lipinski definition) is 0. The third kappa shape index (κ3) is 8.48. The number of halogens is 3. The minimum Gasteiger partial charge on any atom is -0.493 e. The van der Waals surface area contributed by atoms with Crippen LogP contribution in [0, 0.1) is 31.1 Å². The Balaban J connectivity index is 1.49. The van der Waals surface area contributed by atoms with Crippen molar-refractivity contribution in [3.8, 4) is 17.2 Å². The molecule has 9 nitrogen and oxygen atoms in total. The van der Waals surface area contributed by atoms with Crippen molar-refractivity contribution in [1.29, 1.82) is 0 Å². The minimum atomic E-state index is -4.75. The van der Waals surface area contributed by atoms with E-state index in [0.717, 1.165) is 35.2 Å². The number of nitrogens with zero attached hydrogens (tertiary/aromatic N) is 4. The first-order chi connectivity index (χ1) is 20.2. The fraction of sp³-hybridized carbons (Fsp3) is 0.484. The van der Waals surface area contributed by atoms with Crippen LogP contribution in [0.1, 0.15) is 50.3 Å². The van der Waals surface area contributed by atoms with Crippen LogP contribution in [0.25, 0.3) is 0 Å². The Morgan fingerprint density at radius 3 is 2.40 bits per heavy atom. The van der Waals surface area contributed by atoms with Crippen LogP contribution >= 0.6 is 0 Å². The molecular formula is C31H38F3N4O5+. The highest BCUT2D eigenvalue weighted by atomic mass is 19.4. The summed E-state index contributed by atoms with van der Waals surface area (Å²) in [4.78, 5) is 16.7. The maximum atomic E-state index is 12.5. The van der Waals surface area contributed by atoms with Gasteiger partial charge in [0.2, 0.25) is 6.33 Å². The van der Waals surface area contributed by atoms with E-state index in [1.165, 1.54) is 38.3 Å². The SMILES string of the molecule is CO/N=C1\C(Cn2c[n+](Cc3cc(C)c(OC(C)=O)c(C)c3)cn2)[C@H](COc2ccc(OC(F)(F)F)cc2)CCC1(C)C. The summed E-state index contributed by atoms with van der Waals surface area (Å²) < 4.78 is 56.7. The maximum absolute atomic E-state index is 12.5. The normalized spacial score (nSPS) is 19.2. The van der Waals surface area contributed by atoms with E-state index in [4.69, 9.17) is 14.3 Å². The van der Waals surface area contributed by atoms with Crippen LogP contribution in [0.4, 0.5) is 13.2 Å². The van der Waals surface area contributed by atoms with E-state index >= 15 is 0 Å². The number of aromatic nitrogens is 3. The summed E-state index contributed by atoms with van der Waals surface area (Å²) in [7, 11) is 1.53. The molecule has 4 rings (SSSR count). The molecule has 0 bridgehead atoms. The first-order valence-corrected chi connectivity index (χ1v) is 14.0. The lowest BCUT2D eigenvalue weighted by Crippen LogP contribution is -2.44. The van der Waals surface area contributed by atoms with Gasteiger partial charge in [-0.3, -0.25) is 4.79 Å². The highest BCUT2D eigenvalue weighted by Crippen LogP contribution is 2.41. The molecule has 0 amide bonds. The van der Waals surface area contributed by atoms with Crippen LogP contribution < -0.4 is 18.8 Å². The molecule has 43 heavy (non-hydrogen) atoms. The zero-order chi connectivity index (χ0) is 31.4. The summed E-state index contributed by atoms with van der Waals surface area (Å²) in [5, 5.41) is 9.05. The Morgan fingerprint density at radius 1 is 1.14 bits per heavy atom. The van der Waals surface area contributed by atoms with Gasteiger partial charge in [0.25, 0.3) is 6.33 Å². The number of ether oxygens (including phenoxy) is 3. The molecule has 1 saturated carbocycles. The Bertz CT molecular complexity index is 1430. The van der Waals surface area contributed by atoms with E-state index in [1.807, 2.05) is 41.6 Å². The second kappa shape index (κ2) is 13.0. The van der Waals surface area contributed by atoms with Crippen molar-refractivity contribution in [2.45, 2.75) is 66.9 Å². The van der Waals surface area contributed by atoms with Crippen LogP contribution in [0.15, 0.2) is 54.2 Å². The Hall–Kier alpha value is -4.09. The number of alkyl halides is 3. The number of aryl methyl sites for hydroxylation is 2. The molecule has 1 aliphatic carbocycles. The quantitative estimate of drug-likeness (QED) is 0.126. The van der Waals surface area contributed by atoms with E-state index in [-0.39, 0.29) is 29.0 Å². The molecule has 1 unspecified atom stereocenters. The van der Waals surface area contributed by atoms with Crippen LogP contribution in [0.5, 0.6) is 17.2 Å². The molecule has 0 spiro atoms. The summed E-state index contributed by atoms with van der Waals surface area (Å²) in [6.45, 7) is 11.0. The monoisotopic (exact) mass is 603 g/mol. The lowest BCUT2D eigenvalue weighted by molar-refractivity contribution is -0.689. The van der Waals surface area contributed by atoms with Gasteiger partial charge >= 0.3 is 12.3 Å². The fourth-order valence-electron chi connectivity index (χ4n) is 5.65. The molecule has 12 heteroatoms. The molecule has 2 atom stereocenters. The van der Waals surface area contributed by atoms with Gasteiger partial charge in [0.1, 0.15) is 30.9 Å². The lowest BCUT2D eigenvalue weighted by Gasteiger charge is -2.40. The third-order valence-corrected chi connectivity index (χ3v) is 7.61. The van der Waals surface area contributed by atoms with Gasteiger partial charge < -0.3 is 19.0 Å². The van der Waals surface area contributed by atoms with Crippen molar-refractivity contribution < 1.29 is 41.6 Å². The lowest BCUT2D eigenvalue weighted by atomic mass is 9.65. The van der Waals surface area contributed by atoms with Crippen molar-refractivity contribution in [2.75, 3.05) is 13.7 Å². The molecule has 1 aliphatic rings. The number of hydrogen-bond acceptors (Lipinski definition) is 7. The summed E-state index contributed by atoms with van der Waals surface area (Å²) in [6, 6.07) is 9.39. The average Bonchev–Trinajstić information content (AvgIpc) is 3.34. The van der Waals surface area contributed by atoms with Crippen LogP contribution in [-0.4, -0.2) is 41.5 Å². The van der Waals surface area contributed by atoms with E-state index in [0.29, 0.717) is 31.2 Å². The Kier molecular flexibility index (Phi) is 9.66. The first-order valence-electron chi connectivity index (χ1n) is 14.0. The molecule has 2 aromatic carbocycles. The van der Waals surface area contributed by atoms with Crippen LogP contribution in [-0.2, 0) is 22.7 Å². The van der Waals surface area contributed by atoms with Crippen molar-refractivity contribution >= 4 is 11.7 Å². The van der Waals surface area contributed by atoms with Gasteiger partial charge in [-0.25, -0.2) is 4.57 Å². The van der Waals surface area contributed by atoms with Crippen molar-refractivity contribution in [3.63, 3.8) is 0 Å². The highest BCUT2D eigenvalue weighted by molar-refractivity contribution is 5.92. The number of carbonyl (C=O) groups excluding carboxylic acids is 1. The van der Waals surface area contributed by atoms with Gasteiger partial charge in [-0.2, -0.15) is 0 Å². The molecule has 0 radical (unpaired) electrons. The Labute approximate surface area is 249 Å². The van der Waals surface area contributed by atoms with Crippen LogP contribution in [0.2, 0.25) is 0 Å². The summed E-state index contributed by atoms with van der Waals surface area (Å²) in [6.07, 6.45) is 0.694. The molecule has 1 fully saturated rings. The number of rotatable bonds is 10. The third-order valence-electron chi connectivity index (χ3n) is 7.61. The average molecular weight is 604 g/mol. The van der Waals surface area contributed by atoms with E-state index < -0.39 is 6.36 Å². The smallest absolute Gasteiger partial charge is 0.493 e. The van der Waals surface area contributed by atoms with Crippen molar-refractivity contribution in [1.82, 2.24) is 9.78 Å². The number of oxime groups is 1. The van der Waals surface area contributed by atoms with Gasteiger partial charge in [0, 0.05) is 29.3 Å². The molecule has 0 saturated heterocycles. The van der Waals surface area contributed by atoms with E-state index in [1.54, 1.807) is 6.33 Å². The number of benzene rings is 2. The predicted octanol–water partition coefficient (Wildman–Crippen LogP) is 5.79. The molecule has 0 N–H and O–H groups in total. The zero-order valence-corrected chi connectivity index (χ0v) is 25.3. The van der Waals surface area contributed by atoms with E-state index in [9.17, 15) is 18.0 Å². The van der Waals surface area contributed by atoms with Gasteiger partial charge in [-0.05, 0) is 79.8 Å². The van der Waals surface area contributed by atoms with Gasteiger partial charge in [-0.15, -0.1) is 17.9 Å². The first kappa shape index (κ1) is 31.8. The fourth-order valence-corrected chi connectivity index (χ4v) is 5.65. The zero-order valence-electron chi connectivity index (χ0n) is 25.3. The maximum Gasteiger partial charge on any atom is 0.573 e. The van der Waals surface area contributed by atoms with Crippen LogP contribution in [0.3, 0.4) is 0 Å². The minimum absolute atomic E-state index is 0.0580. The topological polar surface area (TPSA) is 88.1 Å². The van der Waals surface area contributed by atoms with Gasteiger partial charge in [0.05, 0.1) is 18.9 Å². The second-order valence-electron chi connectivity index (χ2n) is 11.6. The second-order valence-corrected chi connectivity index (χ2v) is 11.6. The van der Waals surface area contributed by atoms with E-state index in [2.05, 4.69) is 28.8 Å².